The van der Waals surface area contributed by atoms with E-state index in [9.17, 15) is 9.59 Å². The standard InChI is InChI=1S/C18H22N2O3/c1-12-4-2-3-5-16(12)23-15-10-19(11-15)18(22)13-8-17(21)20(9-13)14-6-7-14/h2-5,13-15H,6-11H2,1H3/t13-/m0/s1. The molecule has 23 heavy (non-hydrogen) atoms. The molecule has 1 aromatic carbocycles. The minimum absolute atomic E-state index is 0.0664. The Morgan fingerprint density at radius 2 is 1.91 bits per heavy atom. The average molecular weight is 314 g/mol. The van der Waals surface area contributed by atoms with Gasteiger partial charge in [0.15, 0.2) is 0 Å². The predicted octanol–water partition coefficient (Wildman–Crippen LogP) is 1.60. The first-order valence-corrected chi connectivity index (χ1v) is 8.42. The van der Waals surface area contributed by atoms with E-state index in [1.165, 1.54) is 0 Å². The number of likely N-dealkylation sites (tertiary alicyclic amines) is 2. The number of aryl methyl sites for hydroxylation is 1. The number of hydrogen-bond acceptors (Lipinski definition) is 3. The number of benzene rings is 1. The average Bonchev–Trinajstić information content (AvgIpc) is 3.26. The number of carbonyl (C=O) groups is 2. The lowest BCUT2D eigenvalue weighted by Crippen LogP contribution is -2.57. The monoisotopic (exact) mass is 314 g/mol. The summed E-state index contributed by atoms with van der Waals surface area (Å²) in [6.45, 7) is 3.89. The second-order valence-electron chi connectivity index (χ2n) is 6.93. The summed E-state index contributed by atoms with van der Waals surface area (Å²) in [6.07, 6.45) is 2.65. The van der Waals surface area contributed by atoms with Crippen LogP contribution < -0.4 is 4.74 Å². The van der Waals surface area contributed by atoms with Gasteiger partial charge in [-0.15, -0.1) is 0 Å². The van der Waals surface area contributed by atoms with Gasteiger partial charge in [0.1, 0.15) is 11.9 Å². The molecule has 0 bridgehead atoms. The smallest absolute Gasteiger partial charge is 0.228 e. The van der Waals surface area contributed by atoms with Crippen LogP contribution in [0.5, 0.6) is 5.75 Å². The van der Waals surface area contributed by atoms with Crippen LogP contribution in [0, 0.1) is 12.8 Å². The van der Waals surface area contributed by atoms with Crippen LogP contribution in [0.1, 0.15) is 24.8 Å². The Morgan fingerprint density at radius 3 is 2.61 bits per heavy atom. The van der Waals surface area contributed by atoms with Gasteiger partial charge in [0.05, 0.1) is 19.0 Å². The normalized spacial score (nSPS) is 24.7. The molecule has 0 spiro atoms. The predicted molar refractivity (Wildman–Crippen MR) is 85.0 cm³/mol. The van der Waals surface area contributed by atoms with Crippen molar-refractivity contribution in [3.63, 3.8) is 0 Å². The fraction of sp³-hybridized carbons (Fsp3) is 0.556. The van der Waals surface area contributed by atoms with Gasteiger partial charge in [-0.1, -0.05) is 18.2 Å². The van der Waals surface area contributed by atoms with E-state index in [2.05, 4.69) is 0 Å². The molecule has 2 heterocycles. The van der Waals surface area contributed by atoms with E-state index >= 15 is 0 Å². The van der Waals surface area contributed by atoms with Gasteiger partial charge in [0.2, 0.25) is 11.8 Å². The van der Waals surface area contributed by atoms with Crippen molar-refractivity contribution in [2.24, 2.45) is 5.92 Å². The van der Waals surface area contributed by atoms with Gasteiger partial charge in [-0.05, 0) is 31.4 Å². The van der Waals surface area contributed by atoms with Gasteiger partial charge in [0.25, 0.3) is 0 Å². The molecule has 122 valence electrons. The Bertz CT molecular complexity index is 635. The summed E-state index contributed by atoms with van der Waals surface area (Å²) in [5.74, 6) is 1.01. The molecule has 3 aliphatic rings. The summed E-state index contributed by atoms with van der Waals surface area (Å²) >= 11 is 0. The first-order valence-electron chi connectivity index (χ1n) is 8.42. The Hall–Kier alpha value is -2.04. The van der Waals surface area contributed by atoms with E-state index in [-0.39, 0.29) is 23.8 Å². The molecule has 0 unspecified atom stereocenters. The van der Waals surface area contributed by atoms with Crippen molar-refractivity contribution in [2.45, 2.75) is 38.3 Å². The Labute approximate surface area is 136 Å². The van der Waals surface area contributed by atoms with Gasteiger partial charge in [0, 0.05) is 19.0 Å². The summed E-state index contributed by atoms with van der Waals surface area (Å²) in [7, 11) is 0. The van der Waals surface area contributed by atoms with Crippen molar-refractivity contribution in [2.75, 3.05) is 19.6 Å². The zero-order valence-corrected chi connectivity index (χ0v) is 13.4. The van der Waals surface area contributed by atoms with Crippen molar-refractivity contribution < 1.29 is 14.3 Å². The van der Waals surface area contributed by atoms with E-state index < -0.39 is 0 Å². The lowest BCUT2D eigenvalue weighted by atomic mass is 10.0. The van der Waals surface area contributed by atoms with E-state index in [0.717, 1.165) is 24.2 Å². The molecule has 0 radical (unpaired) electrons. The SMILES string of the molecule is Cc1ccccc1OC1CN(C(=O)[C@H]2CC(=O)N(C3CC3)C2)C1. The molecular weight excluding hydrogens is 292 g/mol. The highest BCUT2D eigenvalue weighted by Gasteiger charge is 2.44. The van der Waals surface area contributed by atoms with Gasteiger partial charge in [-0.2, -0.15) is 0 Å². The second kappa shape index (κ2) is 5.55. The van der Waals surface area contributed by atoms with Gasteiger partial charge in [-0.25, -0.2) is 0 Å². The van der Waals surface area contributed by atoms with Crippen LogP contribution >= 0.6 is 0 Å². The molecule has 4 rings (SSSR count). The number of hydrogen-bond donors (Lipinski definition) is 0. The van der Waals surface area contributed by atoms with Crippen LogP contribution in [0.4, 0.5) is 0 Å². The van der Waals surface area contributed by atoms with Crippen LogP contribution in [0.25, 0.3) is 0 Å². The molecule has 0 aromatic heterocycles. The summed E-state index contributed by atoms with van der Waals surface area (Å²) in [6, 6.07) is 8.34. The van der Waals surface area contributed by atoms with Crippen LogP contribution in [-0.2, 0) is 9.59 Å². The minimum atomic E-state index is -0.150. The van der Waals surface area contributed by atoms with E-state index in [0.29, 0.717) is 32.1 Å². The lowest BCUT2D eigenvalue weighted by Gasteiger charge is -2.40. The van der Waals surface area contributed by atoms with Crippen LogP contribution in [0.2, 0.25) is 0 Å². The van der Waals surface area contributed by atoms with Crippen molar-refractivity contribution >= 4 is 11.8 Å². The molecule has 1 aromatic rings. The summed E-state index contributed by atoms with van der Waals surface area (Å²) < 4.78 is 5.94. The van der Waals surface area contributed by atoms with Crippen LogP contribution in [-0.4, -0.2) is 53.4 Å². The number of para-hydroxylation sites is 1. The van der Waals surface area contributed by atoms with Crippen molar-refractivity contribution in [3.05, 3.63) is 29.8 Å². The quantitative estimate of drug-likeness (QED) is 0.848. The zero-order chi connectivity index (χ0) is 16.0. The molecule has 5 nitrogen and oxygen atoms in total. The molecule has 2 saturated heterocycles. The van der Waals surface area contributed by atoms with E-state index in [1.807, 2.05) is 41.0 Å². The third-order valence-electron chi connectivity index (χ3n) is 5.04. The Kier molecular flexibility index (Phi) is 3.51. The molecule has 1 saturated carbocycles. The number of ether oxygens (including phenoxy) is 1. The molecule has 1 aliphatic carbocycles. The third-order valence-corrected chi connectivity index (χ3v) is 5.04. The van der Waals surface area contributed by atoms with E-state index in [4.69, 9.17) is 4.74 Å². The van der Waals surface area contributed by atoms with Gasteiger partial charge in [-0.3, -0.25) is 9.59 Å². The minimum Gasteiger partial charge on any atom is -0.486 e. The maximum Gasteiger partial charge on any atom is 0.228 e. The zero-order valence-electron chi connectivity index (χ0n) is 13.4. The molecular formula is C18H22N2O3. The third kappa shape index (κ3) is 2.80. The highest BCUT2D eigenvalue weighted by atomic mass is 16.5. The van der Waals surface area contributed by atoms with Crippen LogP contribution in [0.15, 0.2) is 24.3 Å². The molecule has 0 N–H and O–H groups in total. The summed E-state index contributed by atoms with van der Waals surface area (Å²) in [5, 5.41) is 0. The van der Waals surface area contributed by atoms with E-state index in [1.54, 1.807) is 0 Å². The summed E-state index contributed by atoms with van der Waals surface area (Å²) in [4.78, 5) is 28.2. The summed E-state index contributed by atoms with van der Waals surface area (Å²) in [5.41, 5.74) is 1.11. The Balaban J connectivity index is 1.29. The number of rotatable bonds is 4. The van der Waals surface area contributed by atoms with Crippen molar-refractivity contribution in [1.82, 2.24) is 9.80 Å². The highest BCUT2D eigenvalue weighted by molar-refractivity contribution is 5.90. The fourth-order valence-electron chi connectivity index (χ4n) is 3.46. The number of carbonyl (C=O) groups excluding carboxylic acids is 2. The lowest BCUT2D eigenvalue weighted by molar-refractivity contribution is -0.144. The van der Waals surface area contributed by atoms with Crippen molar-refractivity contribution in [1.29, 1.82) is 0 Å². The van der Waals surface area contributed by atoms with Gasteiger partial charge >= 0.3 is 0 Å². The number of nitrogens with zero attached hydrogens (tertiary/aromatic N) is 2. The fourth-order valence-corrected chi connectivity index (χ4v) is 3.46. The first kappa shape index (κ1) is 14.5. The van der Waals surface area contributed by atoms with Gasteiger partial charge < -0.3 is 14.5 Å². The van der Waals surface area contributed by atoms with Crippen molar-refractivity contribution in [3.8, 4) is 5.75 Å². The second-order valence-corrected chi connectivity index (χ2v) is 6.93. The molecule has 1 atom stereocenters. The molecule has 5 heteroatoms. The molecule has 3 fully saturated rings. The molecule has 2 amide bonds. The number of amides is 2. The maximum atomic E-state index is 12.5. The maximum absolute atomic E-state index is 12.5. The molecule has 2 aliphatic heterocycles. The first-order chi connectivity index (χ1) is 11.1. The Morgan fingerprint density at radius 1 is 1.17 bits per heavy atom. The van der Waals surface area contributed by atoms with Crippen LogP contribution in [0.3, 0.4) is 0 Å². The topological polar surface area (TPSA) is 49.9 Å². The largest absolute Gasteiger partial charge is 0.486 e. The highest BCUT2D eigenvalue weighted by Crippen LogP contribution is 2.34.